The van der Waals surface area contributed by atoms with Crippen molar-refractivity contribution in [3.05, 3.63) is 0 Å². The molecule has 1 rings (SSSR count). The summed E-state index contributed by atoms with van der Waals surface area (Å²) in [6.07, 6.45) is 5.77. The molecule has 19 heavy (non-hydrogen) atoms. The van der Waals surface area contributed by atoms with Gasteiger partial charge < -0.3 is 10.0 Å². The quantitative estimate of drug-likeness (QED) is 0.835. The lowest BCUT2D eigenvalue weighted by Gasteiger charge is -2.35. The van der Waals surface area contributed by atoms with Crippen molar-refractivity contribution in [2.75, 3.05) is 7.05 Å². The first-order valence-electron chi connectivity index (χ1n) is 7.28. The van der Waals surface area contributed by atoms with Crippen LogP contribution in [0.25, 0.3) is 0 Å². The summed E-state index contributed by atoms with van der Waals surface area (Å²) in [6, 6.07) is 0.298. The Labute approximate surface area is 116 Å². The van der Waals surface area contributed by atoms with Crippen LogP contribution in [0.5, 0.6) is 0 Å². The second kappa shape index (κ2) is 6.40. The Morgan fingerprint density at radius 2 is 1.79 bits per heavy atom. The SMILES string of the molecule is CC(C)C(C)(CC(=O)N(C)C1CCCCC1)C(=O)O. The fourth-order valence-corrected chi connectivity index (χ4v) is 2.64. The van der Waals surface area contributed by atoms with Crippen LogP contribution in [0.4, 0.5) is 0 Å². The van der Waals surface area contributed by atoms with Gasteiger partial charge in [-0.05, 0) is 25.7 Å². The topological polar surface area (TPSA) is 57.6 Å². The van der Waals surface area contributed by atoms with Crippen LogP contribution in [-0.4, -0.2) is 35.0 Å². The van der Waals surface area contributed by atoms with Crippen molar-refractivity contribution >= 4 is 11.9 Å². The zero-order valence-electron chi connectivity index (χ0n) is 12.6. The molecular weight excluding hydrogens is 242 g/mol. The number of aliphatic carboxylic acids is 1. The molecule has 0 spiro atoms. The fraction of sp³-hybridized carbons (Fsp3) is 0.867. The van der Waals surface area contributed by atoms with Gasteiger partial charge in [-0.25, -0.2) is 0 Å². The Bertz CT molecular complexity index is 334. The van der Waals surface area contributed by atoms with Gasteiger partial charge in [-0.15, -0.1) is 0 Å². The average Bonchev–Trinajstić information content (AvgIpc) is 2.38. The fourth-order valence-electron chi connectivity index (χ4n) is 2.64. The van der Waals surface area contributed by atoms with Crippen LogP contribution in [0, 0.1) is 11.3 Å². The third kappa shape index (κ3) is 3.71. The van der Waals surface area contributed by atoms with Crippen molar-refractivity contribution < 1.29 is 14.7 Å². The molecule has 1 saturated carbocycles. The Balaban J connectivity index is 2.68. The lowest BCUT2D eigenvalue weighted by molar-refractivity contribution is -0.155. The molecule has 1 fully saturated rings. The molecule has 0 heterocycles. The Morgan fingerprint density at radius 1 is 1.26 bits per heavy atom. The predicted molar refractivity (Wildman–Crippen MR) is 74.8 cm³/mol. The van der Waals surface area contributed by atoms with E-state index in [9.17, 15) is 14.7 Å². The monoisotopic (exact) mass is 269 g/mol. The van der Waals surface area contributed by atoms with Crippen molar-refractivity contribution in [2.45, 2.75) is 65.3 Å². The third-order valence-electron chi connectivity index (χ3n) is 4.80. The Hall–Kier alpha value is -1.06. The summed E-state index contributed by atoms with van der Waals surface area (Å²) in [4.78, 5) is 25.5. The van der Waals surface area contributed by atoms with Crippen LogP contribution >= 0.6 is 0 Å². The molecule has 1 amide bonds. The van der Waals surface area contributed by atoms with Gasteiger partial charge in [0.1, 0.15) is 0 Å². The molecule has 0 radical (unpaired) electrons. The van der Waals surface area contributed by atoms with Gasteiger partial charge in [-0.3, -0.25) is 9.59 Å². The Kier molecular flexibility index (Phi) is 5.39. The van der Waals surface area contributed by atoms with E-state index in [-0.39, 0.29) is 18.2 Å². The number of carbonyl (C=O) groups excluding carboxylic acids is 1. The third-order valence-corrected chi connectivity index (χ3v) is 4.80. The lowest BCUT2D eigenvalue weighted by Crippen LogP contribution is -2.43. The highest BCUT2D eigenvalue weighted by Crippen LogP contribution is 2.33. The van der Waals surface area contributed by atoms with E-state index in [1.54, 1.807) is 11.8 Å². The van der Waals surface area contributed by atoms with Gasteiger partial charge >= 0.3 is 5.97 Å². The molecule has 0 aromatic rings. The van der Waals surface area contributed by atoms with E-state index in [0.29, 0.717) is 6.04 Å². The maximum atomic E-state index is 12.3. The number of nitrogens with zero attached hydrogens (tertiary/aromatic N) is 1. The number of carbonyl (C=O) groups is 2. The molecule has 0 aromatic carbocycles. The van der Waals surface area contributed by atoms with Gasteiger partial charge in [-0.1, -0.05) is 33.1 Å². The first kappa shape index (κ1) is 16.0. The van der Waals surface area contributed by atoms with Gasteiger partial charge in [-0.2, -0.15) is 0 Å². The summed E-state index contributed by atoms with van der Waals surface area (Å²) in [6.45, 7) is 5.40. The van der Waals surface area contributed by atoms with Crippen molar-refractivity contribution in [2.24, 2.45) is 11.3 Å². The molecule has 1 aliphatic rings. The van der Waals surface area contributed by atoms with Crippen LogP contribution in [-0.2, 0) is 9.59 Å². The largest absolute Gasteiger partial charge is 0.481 e. The number of rotatable bonds is 5. The van der Waals surface area contributed by atoms with Gasteiger partial charge in [0.2, 0.25) is 5.91 Å². The number of hydrogen-bond donors (Lipinski definition) is 1. The minimum atomic E-state index is -0.972. The van der Waals surface area contributed by atoms with Crippen LogP contribution in [0.15, 0.2) is 0 Å². The molecule has 110 valence electrons. The number of hydrogen-bond acceptors (Lipinski definition) is 2. The number of carboxylic acid groups (broad SMARTS) is 1. The van der Waals surface area contributed by atoms with E-state index >= 15 is 0 Å². The van der Waals surface area contributed by atoms with E-state index in [0.717, 1.165) is 12.8 Å². The average molecular weight is 269 g/mol. The minimum Gasteiger partial charge on any atom is -0.481 e. The van der Waals surface area contributed by atoms with E-state index in [2.05, 4.69) is 0 Å². The van der Waals surface area contributed by atoms with Crippen molar-refractivity contribution in [1.29, 1.82) is 0 Å². The van der Waals surface area contributed by atoms with Gasteiger partial charge in [0.25, 0.3) is 0 Å². The number of carboxylic acids is 1. The second-order valence-corrected chi connectivity index (χ2v) is 6.35. The Morgan fingerprint density at radius 3 is 2.21 bits per heavy atom. The summed E-state index contributed by atoms with van der Waals surface area (Å²) in [5.41, 5.74) is -0.972. The molecule has 1 unspecified atom stereocenters. The molecular formula is C15H27NO3. The summed E-state index contributed by atoms with van der Waals surface area (Å²) < 4.78 is 0. The molecule has 1 N–H and O–H groups in total. The van der Waals surface area contributed by atoms with E-state index in [4.69, 9.17) is 0 Å². The highest BCUT2D eigenvalue weighted by atomic mass is 16.4. The standard InChI is InChI=1S/C15H27NO3/c1-11(2)15(3,14(18)19)10-13(17)16(4)12-8-6-5-7-9-12/h11-12H,5-10H2,1-4H3,(H,18,19). The van der Waals surface area contributed by atoms with Gasteiger partial charge in [0.15, 0.2) is 0 Å². The predicted octanol–water partition coefficient (Wildman–Crippen LogP) is 2.91. The lowest BCUT2D eigenvalue weighted by atomic mass is 9.76. The van der Waals surface area contributed by atoms with Crippen molar-refractivity contribution in [1.82, 2.24) is 4.90 Å². The molecule has 0 bridgehead atoms. The first-order chi connectivity index (χ1) is 8.79. The molecule has 1 aliphatic carbocycles. The van der Waals surface area contributed by atoms with Crippen LogP contribution in [0.2, 0.25) is 0 Å². The highest BCUT2D eigenvalue weighted by Gasteiger charge is 2.40. The first-order valence-corrected chi connectivity index (χ1v) is 7.28. The zero-order valence-corrected chi connectivity index (χ0v) is 12.6. The summed E-state index contributed by atoms with van der Waals surface area (Å²) >= 11 is 0. The van der Waals surface area contributed by atoms with Crippen LogP contribution in [0.1, 0.15) is 59.3 Å². The van der Waals surface area contributed by atoms with Crippen LogP contribution < -0.4 is 0 Å². The highest BCUT2D eigenvalue weighted by molar-refractivity contribution is 5.85. The van der Waals surface area contributed by atoms with Crippen LogP contribution in [0.3, 0.4) is 0 Å². The van der Waals surface area contributed by atoms with Crippen molar-refractivity contribution in [3.63, 3.8) is 0 Å². The molecule has 4 heteroatoms. The molecule has 1 atom stereocenters. The van der Waals surface area contributed by atoms with E-state index in [1.807, 2.05) is 20.9 Å². The maximum Gasteiger partial charge on any atom is 0.310 e. The maximum absolute atomic E-state index is 12.3. The molecule has 4 nitrogen and oxygen atoms in total. The van der Waals surface area contributed by atoms with Gasteiger partial charge in [0, 0.05) is 19.5 Å². The summed E-state index contributed by atoms with van der Waals surface area (Å²) in [7, 11) is 1.82. The zero-order chi connectivity index (χ0) is 14.6. The van der Waals surface area contributed by atoms with Crippen molar-refractivity contribution in [3.8, 4) is 0 Å². The molecule has 0 aliphatic heterocycles. The molecule has 0 saturated heterocycles. The summed E-state index contributed by atoms with van der Waals surface area (Å²) in [5, 5.41) is 9.37. The van der Waals surface area contributed by atoms with Gasteiger partial charge in [0.05, 0.1) is 5.41 Å². The normalized spacial score (nSPS) is 20.1. The van der Waals surface area contributed by atoms with E-state index in [1.165, 1.54) is 19.3 Å². The smallest absolute Gasteiger partial charge is 0.310 e. The second-order valence-electron chi connectivity index (χ2n) is 6.35. The number of amides is 1. The minimum absolute atomic E-state index is 0.0366. The van der Waals surface area contributed by atoms with E-state index < -0.39 is 11.4 Å². The summed E-state index contributed by atoms with van der Waals surface area (Å²) in [5.74, 6) is -0.980. The molecule has 0 aromatic heterocycles.